The van der Waals surface area contributed by atoms with Crippen molar-refractivity contribution in [3.63, 3.8) is 0 Å². The van der Waals surface area contributed by atoms with E-state index in [0.717, 1.165) is 12.8 Å². The number of rotatable bonds is 10. The van der Waals surface area contributed by atoms with Gasteiger partial charge in [0.1, 0.15) is 12.4 Å². The molecule has 0 saturated heterocycles. The van der Waals surface area contributed by atoms with Gasteiger partial charge in [-0.2, -0.15) is 0 Å². The maximum Gasteiger partial charge on any atom is 0.338 e. The summed E-state index contributed by atoms with van der Waals surface area (Å²) in [5, 5.41) is 0.423. The van der Waals surface area contributed by atoms with Crippen LogP contribution in [0.4, 0.5) is 0 Å². The molecule has 0 fully saturated rings. The zero-order valence-corrected chi connectivity index (χ0v) is 13.4. The van der Waals surface area contributed by atoms with Crippen LogP contribution in [0.1, 0.15) is 43.0 Å². The van der Waals surface area contributed by atoms with Gasteiger partial charge in [0, 0.05) is 7.11 Å². The summed E-state index contributed by atoms with van der Waals surface area (Å²) in [5.74, 6) is 0.185. The van der Waals surface area contributed by atoms with Crippen LogP contribution in [0.2, 0.25) is 5.02 Å². The molecule has 0 radical (unpaired) electrons. The van der Waals surface area contributed by atoms with E-state index in [4.69, 9.17) is 25.8 Å². The summed E-state index contributed by atoms with van der Waals surface area (Å²) < 4.78 is 15.5. The van der Waals surface area contributed by atoms with Gasteiger partial charge in [-0.15, -0.1) is 0 Å². The molecule has 0 atom stereocenters. The molecule has 0 aliphatic carbocycles. The number of halogens is 1. The zero-order chi connectivity index (χ0) is 15.5. The minimum Gasteiger partial charge on any atom is -0.492 e. The fraction of sp³-hybridized carbons (Fsp3) is 0.562. The summed E-state index contributed by atoms with van der Waals surface area (Å²) in [7, 11) is 1.55. The van der Waals surface area contributed by atoms with Gasteiger partial charge < -0.3 is 14.2 Å². The van der Waals surface area contributed by atoms with Crippen molar-refractivity contribution in [3.8, 4) is 5.75 Å². The van der Waals surface area contributed by atoms with Gasteiger partial charge in [0.05, 0.1) is 23.8 Å². The van der Waals surface area contributed by atoms with E-state index >= 15 is 0 Å². The second-order valence-electron chi connectivity index (χ2n) is 4.68. The molecule has 0 aromatic heterocycles. The smallest absolute Gasteiger partial charge is 0.338 e. The summed E-state index contributed by atoms with van der Waals surface area (Å²) in [6, 6.07) is 4.93. The van der Waals surface area contributed by atoms with Crippen molar-refractivity contribution >= 4 is 17.6 Å². The van der Waals surface area contributed by atoms with Crippen molar-refractivity contribution < 1.29 is 19.0 Å². The van der Waals surface area contributed by atoms with Crippen LogP contribution in [-0.2, 0) is 9.47 Å². The van der Waals surface area contributed by atoms with Gasteiger partial charge in [-0.1, -0.05) is 37.8 Å². The third-order valence-electron chi connectivity index (χ3n) is 2.94. The maximum absolute atomic E-state index is 11.7. The second-order valence-corrected chi connectivity index (χ2v) is 5.09. The number of hydrogen-bond donors (Lipinski definition) is 0. The van der Waals surface area contributed by atoms with E-state index in [1.807, 2.05) is 0 Å². The SMILES string of the molecule is CCCCCCOc1ccc(C(=O)OCCOC)cc1Cl. The van der Waals surface area contributed by atoms with E-state index in [1.54, 1.807) is 25.3 Å². The molecule has 0 aliphatic rings. The van der Waals surface area contributed by atoms with Gasteiger partial charge in [-0.3, -0.25) is 0 Å². The van der Waals surface area contributed by atoms with Crippen molar-refractivity contribution in [2.75, 3.05) is 26.9 Å². The number of carbonyl (C=O) groups excluding carboxylic acids is 1. The van der Waals surface area contributed by atoms with Crippen molar-refractivity contribution in [3.05, 3.63) is 28.8 Å². The molecule has 1 aromatic carbocycles. The average molecular weight is 315 g/mol. The Balaban J connectivity index is 2.45. The zero-order valence-electron chi connectivity index (χ0n) is 12.7. The summed E-state index contributed by atoms with van der Waals surface area (Å²) in [6.07, 6.45) is 4.56. The number of ether oxygens (including phenoxy) is 3. The fourth-order valence-electron chi connectivity index (χ4n) is 1.76. The predicted molar refractivity (Wildman–Crippen MR) is 83.2 cm³/mol. The molecule has 0 unspecified atom stereocenters. The maximum atomic E-state index is 11.7. The highest BCUT2D eigenvalue weighted by Gasteiger charge is 2.10. The molecule has 0 spiro atoms. The van der Waals surface area contributed by atoms with E-state index in [2.05, 4.69) is 6.92 Å². The highest BCUT2D eigenvalue weighted by atomic mass is 35.5. The Morgan fingerprint density at radius 1 is 1.14 bits per heavy atom. The number of carbonyl (C=O) groups is 1. The van der Waals surface area contributed by atoms with Gasteiger partial charge in [-0.05, 0) is 24.6 Å². The molecule has 0 N–H and O–H groups in total. The van der Waals surface area contributed by atoms with E-state index < -0.39 is 5.97 Å². The minimum atomic E-state index is -0.413. The van der Waals surface area contributed by atoms with Crippen molar-refractivity contribution in [2.45, 2.75) is 32.6 Å². The van der Waals surface area contributed by atoms with Gasteiger partial charge >= 0.3 is 5.97 Å². The molecular formula is C16H23ClO4. The number of hydrogen-bond acceptors (Lipinski definition) is 4. The first-order valence-corrected chi connectivity index (χ1v) is 7.65. The summed E-state index contributed by atoms with van der Waals surface area (Å²) in [4.78, 5) is 11.7. The standard InChI is InChI=1S/C16H23ClO4/c1-3-4-5-6-9-20-15-8-7-13(12-14(15)17)16(18)21-11-10-19-2/h7-8,12H,3-6,9-11H2,1-2H3. The fourth-order valence-corrected chi connectivity index (χ4v) is 1.99. The quantitative estimate of drug-likeness (QED) is 0.482. The Kier molecular flexibility index (Phi) is 8.87. The molecule has 0 heterocycles. The molecule has 5 heteroatoms. The first kappa shape index (κ1) is 17.8. The first-order chi connectivity index (χ1) is 10.2. The van der Waals surface area contributed by atoms with Crippen LogP contribution >= 0.6 is 11.6 Å². The number of methoxy groups -OCH3 is 1. The van der Waals surface area contributed by atoms with Crippen molar-refractivity contribution in [1.29, 1.82) is 0 Å². The van der Waals surface area contributed by atoms with Gasteiger partial charge in [0.2, 0.25) is 0 Å². The summed E-state index contributed by atoms with van der Waals surface area (Å²) in [5.41, 5.74) is 0.412. The Morgan fingerprint density at radius 3 is 2.62 bits per heavy atom. The molecule has 1 aromatic rings. The van der Waals surface area contributed by atoms with E-state index in [9.17, 15) is 4.79 Å². The normalized spacial score (nSPS) is 10.4. The molecule has 0 bridgehead atoms. The van der Waals surface area contributed by atoms with Crippen molar-refractivity contribution in [1.82, 2.24) is 0 Å². The molecule has 1 rings (SSSR count). The largest absolute Gasteiger partial charge is 0.492 e. The lowest BCUT2D eigenvalue weighted by molar-refractivity contribution is 0.0388. The van der Waals surface area contributed by atoms with E-state index in [-0.39, 0.29) is 6.61 Å². The summed E-state index contributed by atoms with van der Waals surface area (Å²) in [6.45, 7) is 3.40. The molecule has 21 heavy (non-hydrogen) atoms. The molecule has 4 nitrogen and oxygen atoms in total. The molecule has 0 amide bonds. The lowest BCUT2D eigenvalue weighted by Gasteiger charge is -2.09. The summed E-state index contributed by atoms with van der Waals surface area (Å²) >= 11 is 6.12. The molecule has 0 saturated carbocycles. The lowest BCUT2D eigenvalue weighted by Crippen LogP contribution is -2.10. The van der Waals surface area contributed by atoms with Crippen LogP contribution in [0.25, 0.3) is 0 Å². The Hall–Kier alpha value is -1.26. The van der Waals surface area contributed by atoms with E-state index in [0.29, 0.717) is 29.5 Å². The van der Waals surface area contributed by atoms with Crippen LogP contribution in [0.5, 0.6) is 5.75 Å². The number of esters is 1. The van der Waals surface area contributed by atoms with Crippen LogP contribution in [-0.4, -0.2) is 32.9 Å². The topological polar surface area (TPSA) is 44.8 Å². The molecule has 0 aliphatic heterocycles. The Bertz CT molecular complexity index is 434. The number of unbranched alkanes of at least 4 members (excludes halogenated alkanes) is 3. The monoisotopic (exact) mass is 314 g/mol. The molecule has 118 valence electrons. The third kappa shape index (κ3) is 6.82. The van der Waals surface area contributed by atoms with E-state index in [1.165, 1.54) is 12.8 Å². The third-order valence-corrected chi connectivity index (χ3v) is 3.24. The highest BCUT2D eigenvalue weighted by Crippen LogP contribution is 2.26. The van der Waals surface area contributed by atoms with Gasteiger partial charge in [0.25, 0.3) is 0 Å². The van der Waals surface area contributed by atoms with Gasteiger partial charge in [-0.25, -0.2) is 4.79 Å². The highest BCUT2D eigenvalue weighted by molar-refractivity contribution is 6.32. The minimum absolute atomic E-state index is 0.225. The van der Waals surface area contributed by atoms with Gasteiger partial charge in [0.15, 0.2) is 0 Å². The number of benzene rings is 1. The second kappa shape index (κ2) is 10.5. The average Bonchev–Trinajstić information content (AvgIpc) is 2.48. The van der Waals surface area contributed by atoms with Crippen LogP contribution in [0, 0.1) is 0 Å². The van der Waals surface area contributed by atoms with Crippen LogP contribution < -0.4 is 4.74 Å². The lowest BCUT2D eigenvalue weighted by atomic mass is 10.2. The predicted octanol–water partition coefficient (Wildman–Crippen LogP) is 4.10. The Labute approximate surface area is 131 Å². The molecular weight excluding hydrogens is 292 g/mol. The first-order valence-electron chi connectivity index (χ1n) is 7.27. The van der Waals surface area contributed by atoms with Crippen molar-refractivity contribution in [2.24, 2.45) is 0 Å². The van der Waals surface area contributed by atoms with Crippen LogP contribution in [0.15, 0.2) is 18.2 Å². The Morgan fingerprint density at radius 2 is 1.95 bits per heavy atom. The van der Waals surface area contributed by atoms with Crippen LogP contribution in [0.3, 0.4) is 0 Å².